The Labute approximate surface area is 216 Å². The number of aromatic nitrogens is 1. The molecule has 0 unspecified atom stereocenters. The quantitative estimate of drug-likeness (QED) is 0.381. The van der Waals surface area contributed by atoms with E-state index in [1.54, 1.807) is 11.3 Å². The molecular weight excluding hydrogens is 472 g/mol. The minimum atomic E-state index is -0.00377. The minimum absolute atomic E-state index is 0.00377. The first-order valence-electron chi connectivity index (χ1n) is 12.7. The summed E-state index contributed by atoms with van der Waals surface area (Å²) in [7, 11) is 0. The minimum Gasteiger partial charge on any atom is -0.369 e. The van der Waals surface area contributed by atoms with Crippen LogP contribution in [0.4, 0.5) is 11.4 Å². The number of nitrogens with zero attached hydrogens (tertiary/aromatic N) is 3. The van der Waals surface area contributed by atoms with Crippen molar-refractivity contribution in [2.75, 3.05) is 42.1 Å². The van der Waals surface area contributed by atoms with E-state index in [0.29, 0.717) is 5.75 Å². The van der Waals surface area contributed by atoms with Crippen LogP contribution in [0.5, 0.6) is 0 Å². The number of rotatable bonds is 7. The molecule has 1 saturated heterocycles. The summed E-state index contributed by atoms with van der Waals surface area (Å²) < 4.78 is 0.915. The standard InChI is InChI=1S/C28H34N4OS2/c1-21-7-9-22(10-8-21)26-19-34-28(30-26)35-20-27(33)29-23-11-13-25(14-12-23)32-17-15-31(16-18-32)24-5-3-2-4-6-24/h7-14,19,24H,2-6,15-18,20H2,1H3,(H,29,33). The predicted octanol–water partition coefficient (Wildman–Crippen LogP) is 6.30. The van der Waals surface area contributed by atoms with Crippen molar-refractivity contribution in [1.29, 1.82) is 0 Å². The van der Waals surface area contributed by atoms with Gasteiger partial charge in [0, 0.05) is 54.5 Å². The molecule has 5 nitrogen and oxygen atoms in total. The molecule has 0 atom stereocenters. The smallest absolute Gasteiger partial charge is 0.234 e. The molecule has 7 heteroatoms. The Kier molecular flexibility index (Phi) is 8.06. The van der Waals surface area contributed by atoms with Gasteiger partial charge in [-0.3, -0.25) is 9.69 Å². The van der Waals surface area contributed by atoms with Gasteiger partial charge in [0.05, 0.1) is 11.4 Å². The van der Waals surface area contributed by atoms with E-state index in [1.165, 1.54) is 55.1 Å². The summed E-state index contributed by atoms with van der Waals surface area (Å²) in [6.07, 6.45) is 6.97. The van der Waals surface area contributed by atoms with Crippen LogP contribution in [-0.2, 0) is 4.79 Å². The van der Waals surface area contributed by atoms with Gasteiger partial charge < -0.3 is 10.2 Å². The van der Waals surface area contributed by atoms with E-state index in [1.807, 2.05) is 12.1 Å². The lowest BCUT2D eigenvalue weighted by atomic mass is 9.94. The monoisotopic (exact) mass is 506 g/mol. The average Bonchev–Trinajstić information content (AvgIpc) is 3.38. The maximum absolute atomic E-state index is 12.5. The number of anilines is 2. The second kappa shape index (κ2) is 11.6. The number of thiazole rings is 1. The molecule has 1 saturated carbocycles. The molecule has 0 bridgehead atoms. The van der Waals surface area contributed by atoms with Crippen LogP contribution in [0, 0.1) is 6.92 Å². The number of aryl methyl sites for hydroxylation is 1. The molecule has 1 aliphatic heterocycles. The van der Waals surface area contributed by atoms with Crippen LogP contribution < -0.4 is 10.2 Å². The molecule has 35 heavy (non-hydrogen) atoms. The Morgan fingerprint density at radius 1 is 1.00 bits per heavy atom. The third kappa shape index (κ3) is 6.46. The van der Waals surface area contributed by atoms with Gasteiger partial charge in [0.1, 0.15) is 0 Å². The normalized spacial score (nSPS) is 17.5. The van der Waals surface area contributed by atoms with Crippen LogP contribution in [0.15, 0.2) is 58.3 Å². The predicted molar refractivity (Wildman–Crippen MR) is 149 cm³/mol. The Balaban J connectivity index is 1.07. The molecule has 1 amide bonds. The first-order chi connectivity index (χ1) is 17.1. The van der Waals surface area contributed by atoms with Gasteiger partial charge in [-0.05, 0) is 44.0 Å². The fourth-order valence-electron chi connectivity index (χ4n) is 5.05. The Hall–Kier alpha value is -2.35. The second-order valence-electron chi connectivity index (χ2n) is 9.56. The Morgan fingerprint density at radius 2 is 1.71 bits per heavy atom. The largest absolute Gasteiger partial charge is 0.369 e. The molecule has 1 N–H and O–H groups in total. The van der Waals surface area contributed by atoms with E-state index in [-0.39, 0.29) is 5.91 Å². The van der Waals surface area contributed by atoms with Crippen LogP contribution in [0.3, 0.4) is 0 Å². The molecule has 2 heterocycles. The zero-order valence-corrected chi connectivity index (χ0v) is 22.0. The van der Waals surface area contributed by atoms with E-state index in [0.717, 1.165) is 53.5 Å². The van der Waals surface area contributed by atoms with E-state index in [2.05, 4.69) is 68.8 Å². The lowest BCUT2D eigenvalue weighted by Crippen LogP contribution is -2.50. The van der Waals surface area contributed by atoms with Gasteiger partial charge in [0.15, 0.2) is 4.34 Å². The summed E-state index contributed by atoms with van der Waals surface area (Å²) in [6, 6.07) is 17.5. The number of carbonyl (C=O) groups excluding carboxylic acids is 1. The fraction of sp³-hybridized carbons (Fsp3) is 0.429. The van der Waals surface area contributed by atoms with Crippen LogP contribution in [0.2, 0.25) is 0 Å². The molecule has 1 aromatic heterocycles. The second-order valence-corrected chi connectivity index (χ2v) is 11.6. The van der Waals surface area contributed by atoms with Gasteiger partial charge in [-0.25, -0.2) is 4.98 Å². The van der Waals surface area contributed by atoms with E-state index >= 15 is 0 Å². The van der Waals surface area contributed by atoms with Crippen molar-refractivity contribution in [3.05, 3.63) is 59.5 Å². The number of benzene rings is 2. The van der Waals surface area contributed by atoms with E-state index in [4.69, 9.17) is 0 Å². The van der Waals surface area contributed by atoms with Gasteiger partial charge in [-0.1, -0.05) is 60.9 Å². The zero-order chi connectivity index (χ0) is 24.0. The van der Waals surface area contributed by atoms with Crippen molar-refractivity contribution < 1.29 is 4.79 Å². The van der Waals surface area contributed by atoms with Crippen LogP contribution in [0.1, 0.15) is 37.7 Å². The molecule has 0 spiro atoms. The zero-order valence-electron chi connectivity index (χ0n) is 20.4. The molecule has 5 rings (SSSR count). The average molecular weight is 507 g/mol. The van der Waals surface area contributed by atoms with Crippen LogP contribution in [-0.4, -0.2) is 53.8 Å². The highest BCUT2D eigenvalue weighted by molar-refractivity contribution is 8.01. The number of amides is 1. The number of hydrogen-bond donors (Lipinski definition) is 1. The van der Waals surface area contributed by atoms with E-state index in [9.17, 15) is 4.79 Å². The lowest BCUT2D eigenvalue weighted by molar-refractivity contribution is -0.113. The van der Waals surface area contributed by atoms with Crippen molar-refractivity contribution in [2.24, 2.45) is 0 Å². The summed E-state index contributed by atoms with van der Waals surface area (Å²) >= 11 is 3.07. The maximum Gasteiger partial charge on any atom is 0.234 e. The molecule has 0 radical (unpaired) electrons. The van der Waals surface area contributed by atoms with Gasteiger partial charge in [-0.2, -0.15) is 0 Å². The summed E-state index contributed by atoms with van der Waals surface area (Å²) in [5.41, 5.74) is 5.40. The number of piperazine rings is 1. The van der Waals surface area contributed by atoms with Crippen molar-refractivity contribution in [3.8, 4) is 11.3 Å². The molecule has 2 aromatic carbocycles. The maximum atomic E-state index is 12.5. The number of thioether (sulfide) groups is 1. The Morgan fingerprint density at radius 3 is 2.43 bits per heavy atom. The summed E-state index contributed by atoms with van der Waals surface area (Å²) in [5.74, 6) is 0.349. The Bertz CT molecular complexity index is 1100. The third-order valence-corrected chi connectivity index (χ3v) is 9.10. The van der Waals surface area contributed by atoms with Gasteiger partial charge in [0.2, 0.25) is 5.91 Å². The van der Waals surface area contributed by atoms with Gasteiger partial charge >= 0.3 is 0 Å². The molecule has 3 aromatic rings. The molecule has 2 fully saturated rings. The molecule has 2 aliphatic rings. The summed E-state index contributed by atoms with van der Waals surface area (Å²) in [6.45, 7) is 6.55. The summed E-state index contributed by atoms with van der Waals surface area (Å²) in [5, 5.41) is 5.08. The van der Waals surface area contributed by atoms with Crippen molar-refractivity contribution in [2.45, 2.75) is 49.4 Å². The van der Waals surface area contributed by atoms with Crippen molar-refractivity contribution >= 4 is 40.4 Å². The van der Waals surface area contributed by atoms with Crippen LogP contribution >= 0.6 is 23.1 Å². The highest BCUT2D eigenvalue weighted by atomic mass is 32.2. The summed E-state index contributed by atoms with van der Waals surface area (Å²) in [4.78, 5) is 22.4. The van der Waals surface area contributed by atoms with Crippen LogP contribution in [0.25, 0.3) is 11.3 Å². The topological polar surface area (TPSA) is 48.5 Å². The third-order valence-electron chi connectivity index (χ3n) is 7.08. The first-order valence-corrected chi connectivity index (χ1v) is 14.5. The number of carbonyl (C=O) groups is 1. The molecule has 1 aliphatic carbocycles. The fourth-order valence-corrected chi connectivity index (χ4v) is 6.69. The van der Waals surface area contributed by atoms with Gasteiger partial charge in [-0.15, -0.1) is 11.3 Å². The lowest BCUT2D eigenvalue weighted by Gasteiger charge is -2.41. The first kappa shape index (κ1) is 24.3. The number of nitrogens with one attached hydrogen (secondary N) is 1. The SMILES string of the molecule is Cc1ccc(-c2csc(SCC(=O)Nc3ccc(N4CCN(C5CCCCC5)CC4)cc3)n2)cc1. The van der Waals surface area contributed by atoms with E-state index < -0.39 is 0 Å². The highest BCUT2D eigenvalue weighted by Gasteiger charge is 2.25. The van der Waals surface area contributed by atoms with Gasteiger partial charge in [0.25, 0.3) is 0 Å². The van der Waals surface area contributed by atoms with Crippen molar-refractivity contribution in [1.82, 2.24) is 9.88 Å². The molecule has 184 valence electrons. The van der Waals surface area contributed by atoms with Crippen molar-refractivity contribution in [3.63, 3.8) is 0 Å². The number of hydrogen-bond acceptors (Lipinski definition) is 6. The molecular formula is C28H34N4OS2. The highest BCUT2D eigenvalue weighted by Crippen LogP contribution is 2.29.